The van der Waals surface area contributed by atoms with E-state index in [1.807, 2.05) is 0 Å². The first-order valence-electron chi connectivity index (χ1n) is 6.29. The number of nitrogens with zero attached hydrogens (tertiary/aromatic N) is 1. The zero-order chi connectivity index (χ0) is 11.5. The molecule has 0 bridgehead atoms. The molecule has 16 heavy (non-hydrogen) atoms. The topological polar surface area (TPSA) is 41.6 Å². The van der Waals surface area contributed by atoms with Crippen molar-refractivity contribution in [2.75, 3.05) is 20.2 Å². The maximum atomic E-state index is 11.7. The van der Waals surface area contributed by atoms with Crippen LogP contribution in [0.4, 0.5) is 0 Å². The number of amides is 1. The Hall–Kier alpha value is -0.610. The van der Waals surface area contributed by atoms with Gasteiger partial charge >= 0.3 is 0 Å². The molecule has 2 rings (SSSR count). The third kappa shape index (κ3) is 2.38. The van der Waals surface area contributed by atoms with Gasteiger partial charge in [-0.25, -0.2) is 0 Å². The average molecular weight is 226 g/mol. The smallest absolute Gasteiger partial charge is 0.249 e. The molecule has 3 unspecified atom stereocenters. The van der Waals surface area contributed by atoms with Crippen LogP contribution in [-0.4, -0.2) is 49.2 Å². The molecule has 0 aromatic carbocycles. The van der Waals surface area contributed by atoms with Crippen LogP contribution in [0.1, 0.15) is 32.6 Å². The molecule has 1 amide bonds. The Kier molecular flexibility index (Phi) is 3.82. The summed E-state index contributed by atoms with van der Waals surface area (Å²) < 4.78 is 5.03. The van der Waals surface area contributed by atoms with E-state index in [0.29, 0.717) is 12.1 Å². The molecule has 1 N–H and O–H groups in total. The predicted molar refractivity (Wildman–Crippen MR) is 62.2 cm³/mol. The minimum absolute atomic E-state index is 0.0277. The number of methoxy groups -OCH3 is 1. The van der Waals surface area contributed by atoms with Crippen molar-refractivity contribution in [2.24, 2.45) is 0 Å². The first-order chi connectivity index (χ1) is 7.72. The number of hydrogen-bond donors (Lipinski definition) is 1. The first-order valence-corrected chi connectivity index (χ1v) is 6.29. The highest BCUT2D eigenvalue weighted by Gasteiger charge is 2.36. The Balaban J connectivity index is 1.88. The molecule has 2 heterocycles. The highest BCUT2D eigenvalue weighted by atomic mass is 16.5. The second-order valence-electron chi connectivity index (χ2n) is 4.88. The minimum Gasteiger partial charge on any atom is -0.372 e. The van der Waals surface area contributed by atoms with E-state index in [4.69, 9.17) is 4.74 Å². The summed E-state index contributed by atoms with van der Waals surface area (Å²) in [5.74, 6) is 0.0277. The number of hydrogen-bond acceptors (Lipinski definition) is 3. The maximum absolute atomic E-state index is 11.7. The van der Waals surface area contributed by atoms with Crippen molar-refractivity contribution in [3.63, 3.8) is 0 Å². The standard InChI is InChI=1S/C12H22N2O2/c1-9(16-2)12(15)13-10-6-8-14-7-4-3-5-11(10)14/h9-11H,3-8H2,1-2H3,(H,13,15). The van der Waals surface area contributed by atoms with Crippen LogP contribution in [-0.2, 0) is 9.53 Å². The van der Waals surface area contributed by atoms with E-state index in [1.165, 1.54) is 25.8 Å². The molecular weight excluding hydrogens is 204 g/mol. The lowest BCUT2D eigenvalue weighted by Crippen LogP contribution is -2.49. The van der Waals surface area contributed by atoms with E-state index in [0.717, 1.165) is 13.0 Å². The van der Waals surface area contributed by atoms with Gasteiger partial charge in [-0.05, 0) is 32.7 Å². The lowest BCUT2D eigenvalue weighted by Gasteiger charge is -2.32. The molecule has 0 radical (unpaired) electrons. The Morgan fingerprint density at radius 3 is 2.94 bits per heavy atom. The van der Waals surface area contributed by atoms with Gasteiger partial charge in [0.25, 0.3) is 0 Å². The van der Waals surface area contributed by atoms with Gasteiger partial charge in [0.15, 0.2) is 0 Å². The molecule has 3 atom stereocenters. The second kappa shape index (κ2) is 5.15. The monoisotopic (exact) mass is 226 g/mol. The van der Waals surface area contributed by atoms with Crippen molar-refractivity contribution in [1.29, 1.82) is 0 Å². The van der Waals surface area contributed by atoms with E-state index in [-0.39, 0.29) is 12.0 Å². The van der Waals surface area contributed by atoms with Gasteiger partial charge in [-0.2, -0.15) is 0 Å². The van der Waals surface area contributed by atoms with Crippen LogP contribution in [0.2, 0.25) is 0 Å². The fourth-order valence-electron chi connectivity index (χ4n) is 2.82. The molecule has 92 valence electrons. The molecule has 0 spiro atoms. The van der Waals surface area contributed by atoms with Crippen LogP contribution in [0, 0.1) is 0 Å². The van der Waals surface area contributed by atoms with Crippen LogP contribution in [0.3, 0.4) is 0 Å². The van der Waals surface area contributed by atoms with Gasteiger partial charge in [0.05, 0.1) is 0 Å². The summed E-state index contributed by atoms with van der Waals surface area (Å²) >= 11 is 0. The van der Waals surface area contributed by atoms with Crippen molar-refractivity contribution < 1.29 is 9.53 Å². The molecule has 4 nitrogen and oxygen atoms in total. The van der Waals surface area contributed by atoms with Gasteiger partial charge < -0.3 is 10.1 Å². The van der Waals surface area contributed by atoms with Crippen molar-refractivity contribution in [3.05, 3.63) is 0 Å². The predicted octanol–water partition coefficient (Wildman–Crippen LogP) is 0.764. The summed E-state index contributed by atoms with van der Waals surface area (Å²) in [5.41, 5.74) is 0. The summed E-state index contributed by atoms with van der Waals surface area (Å²) in [6, 6.07) is 0.909. The van der Waals surface area contributed by atoms with Gasteiger partial charge in [0, 0.05) is 25.7 Å². The second-order valence-corrected chi connectivity index (χ2v) is 4.88. The Bertz CT molecular complexity index is 257. The molecule has 2 aliphatic heterocycles. The lowest BCUT2D eigenvalue weighted by molar-refractivity contribution is -0.131. The van der Waals surface area contributed by atoms with Gasteiger partial charge in [-0.1, -0.05) is 6.42 Å². The maximum Gasteiger partial charge on any atom is 0.249 e. The molecule has 2 aliphatic rings. The van der Waals surface area contributed by atoms with Gasteiger partial charge in [-0.3, -0.25) is 9.69 Å². The number of fused-ring (bicyclic) bond motifs is 1. The van der Waals surface area contributed by atoms with E-state index >= 15 is 0 Å². The average Bonchev–Trinajstić information content (AvgIpc) is 2.72. The number of nitrogens with one attached hydrogen (secondary N) is 1. The van der Waals surface area contributed by atoms with Crippen molar-refractivity contribution >= 4 is 5.91 Å². The Morgan fingerprint density at radius 2 is 2.19 bits per heavy atom. The zero-order valence-electron chi connectivity index (χ0n) is 10.2. The minimum atomic E-state index is -0.336. The number of carbonyl (C=O) groups is 1. The largest absolute Gasteiger partial charge is 0.372 e. The Morgan fingerprint density at radius 1 is 1.38 bits per heavy atom. The normalized spacial score (nSPS) is 32.1. The van der Waals surface area contributed by atoms with Crippen molar-refractivity contribution in [2.45, 2.75) is 50.8 Å². The van der Waals surface area contributed by atoms with Gasteiger partial charge in [0.1, 0.15) is 6.10 Å². The fraction of sp³-hybridized carbons (Fsp3) is 0.917. The molecule has 2 fully saturated rings. The molecule has 2 saturated heterocycles. The van der Waals surface area contributed by atoms with Crippen LogP contribution < -0.4 is 5.32 Å². The lowest BCUT2D eigenvalue weighted by atomic mass is 9.99. The van der Waals surface area contributed by atoms with Crippen molar-refractivity contribution in [1.82, 2.24) is 10.2 Å². The first kappa shape index (κ1) is 11.9. The Labute approximate surface area is 97.3 Å². The number of piperidine rings is 1. The fourth-order valence-corrected chi connectivity index (χ4v) is 2.82. The molecule has 0 aliphatic carbocycles. The highest BCUT2D eigenvalue weighted by Crippen LogP contribution is 2.27. The quantitative estimate of drug-likeness (QED) is 0.772. The van der Waals surface area contributed by atoms with E-state index in [9.17, 15) is 4.79 Å². The summed E-state index contributed by atoms with van der Waals surface area (Å²) in [6.07, 6.45) is 4.59. The molecule has 0 saturated carbocycles. The van der Waals surface area contributed by atoms with Crippen LogP contribution in [0.25, 0.3) is 0 Å². The van der Waals surface area contributed by atoms with Gasteiger partial charge in [0.2, 0.25) is 5.91 Å². The number of ether oxygens (including phenoxy) is 1. The van der Waals surface area contributed by atoms with Crippen LogP contribution in [0.15, 0.2) is 0 Å². The van der Waals surface area contributed by atoms with E-state index in [2.05, 4.69) is 10.2 Å². The van der Waals surface area contributed by atoms with E-state index < -0.39 is 0 Å². The number of carbonyl (C=O) groups excluding carboxylic acids is 1. The van der Waals surface area contributed by atoms with Gasteiger partial charge in [-0.15, -0.1) is 0 Å². The van der Waals surface area contributed by atoms with Crippen LogP contribution >= 0.6 is 0 Å². The highest BCUT2D eigenvalue weighted by molar-refractivity contribution is 5.80. The zero-order valence-corrected chi connectivity index (χ0v) is 10.2. The summed E-state index contributed by atoms with van der Waals surface area (Å²) in [6.45, 7) is 4.14. The number of rotatable bonds is 3. The van der Waals surface area contributed by atoms with Crippen LogP contribution in [0.5, 0.6) is 0 Å². The molecule has 0 aromatic heterocycles. The molecule has 0 aromatic rings. The summed E-state index contributed by atoms with van der Waals surface area (Å²) in [4.78, 5) is 14.3. The molecular formula is C12H22N2O2. The third-order valence-corrected chi connectivity index (χ3v) is 3.91. The van der Waals surface area contributed by atoms with E-state index in [1.54, 1.807) is 14.0 Å². The summed E-state index contributed by atoms with van der Waals surface area (Å²) in [5, 5.41) is 3.12. The summed E-state index contributed by atoms with van der Waals surface area (Å²) in [7, 11) is 1.58. The molecule has 4 heteroatoms. The SMILES string of the molecule is COC(C)C(=O)NC1CCN2CCCCC12. The third-order valence-electron chi connectivity index (χ3n) is 3.91. The van der Waals surface area contributed by atoms with Crippen molar-refractivity contribution in [3.8, 4) is 0 Å².